The minimum Gasteiger partial charge on any atom is -0.394 e. The van der Waals surface area contributed by atoms with Gasteiger partial charge >= 0.3 is 0 Å². The topological polar surface area (TPSA) is 113 Å². The van der Waals surface area contributed by atoms with Crippen LogP contribution >= 0.6 is 0 Å². The Morgan fingerprint density at radius 1 is 1.60 bits per heavy atom. The lowest BCUT2D eigenvalue weighted by Crippen LogP contribution is -2.30. The summed E-state index contributed by atoms with van der Waals surface area (Å²) in [5.41, 5.74) is -0.212. The van der Waals surface area contributed by atoms with Crippen LogP contribution in [0.2, 0.25) is 0 Å². The predicted molar refractivity (Wildman–Crippen MR) is 63.9 cm³/mol. The Hall–Kier alpha value is -1.84. The molecule has 20 heavy (non-hydrogen) atoms. The van der Waals surface area contributed by atoms with E-state index in [1.54, 1.807) is 6.92 Å². The first-order chi connectivity index (χ1) is 9.52. The molecule has 108 valence electrons. The predicted octanol–water partition coefficient (Wildman–Crippen LogP) is -1.14. The Bertz CT molecular complexity index is 699. The maximum atomic E-state index is 14.1. The first kappa shape index (κ1) is 13.2. The van der Waals surface area contributed by atoms with E-state index in [9.17, 15) is 14.3 Å². The van der Waals surface area contributed by atoms with E-state index in [1.165, 1.54) is 10.7 Å². The lowest BCUT2D eigenvalue weighted by atomic mass is 10.1. The number of hydrogen-bond donors (Lipinski definition) is 3. The number of imidazole rings is 1. The molecule has 0 radical (unpaired) electrons. The van der Waals surface area contributed by atoms with Crippen molar-refractivity contribution < 1.29 is 19.3 Å². The molecule has 0 unspecified atom stereocenters. The van der Waals surface area contributed by atoms with Gasteiger partial charge in [0.05, 0.1) is 18.5 Å². The second-order valence-electron chi connectivity index (χ2n) is 4.67. The van der Waals surface area contributed by atoms with E-state index < -0.39 is 36.6 Å². The maximum absolute atomic E-state index is 14.1. The Morgan fingerprint density at radius 3 is 3.00 bits per heavy atom. The molecule has 3 N–H and O–H groups in total. The first-order valence-corrected chi connectivity index (χ1v) is 6.06. The molecule has 3 rings (SSSR count). The molecule has 3 heterocycles. The molecule has 0 amide bonds. The zero-order chi connectivity index (χ0) is 14.4. The average molecular weight is 284 g/mol. The number of aromatic nitrogens is 4. The summed E-state index contributed by atoms with van der Waals surface area (Å²) in [7, 11) is 0. The molecule has 2 aromatic heterocycles. The fourth-order valence-electron chi connectivity index (χ4n) is 2.32. The molecule has 0 spiro atoms. The van der Waals surface area contributed by atoms with Crippen molar-refractivity contribution in [3.63, 3.8) is 0 Å². The number of aliphatic hydroxyl groups is 2. The summed E-state index contributed by atoms with van der Waals surface area (Å²) < 4.78 is 20.5. The summed E-state index contributed by atoms with van der Waals surface area (Å²) in [6, 6.07) is 0. The van der Waals surface area contributed by atoms with Crippen LogP contribution in [0.15, 0.2) is 11.0 Å². The highest BCUT2D eigenvalue weighted by Gasteiger charge is 2.46. The van der Waals surface area contributed by atoms with Crippen LogP contribution in [0, 0.1) is 6.92 Å². The monoisotopic (exact) mass is 284 g/mol. The highest BCUT2D eigenvalue weighted by Crippen LogP contribution is 2.35. The molecule has 1 aliphatic rings. The number of H-pyrrole nitrogens is 1. The molecule has 4 atom stereocenters. The summed E-state index contributed by atoms with van der Waals surface area (Å²) in [6.45, 7) is 1.08. The second kappa shape index (κ2) is 4.62. The van der Waals surface area contributed by atoms with Crippen molar-refractivity contribution in [3.8, 4) is 0 Å². The number of aliphatic hydroxyl groups excluding tert-OH is 2. The summed E-state index contributed by atoms with van der Waals surface area (Å²) in [6.07, 6.45) is -4.03. The number of nitrogens with one attached hydrogen (secondary N) is 1. The van der Waals surface area contributed by atoms with Gasteiger partial charge in [0, 0.05) is 0 Å². The van der Waals surface area contributed by atoms with Gasteiger partial charge in [0.15, 0.2) is 6.17 Å². The molecule has 0 saturated carbocycles. The number of ether oxygens (including phenoxy) is 1. The maximum Gasteiger partial charge on any atom is 0.294 e. The van der Waals surface area contributed by atoms with Crippen molar-refractivity contribution in [2.45, 2.75) is 31.4 Å². The third-order valence-corrected chi connectivity index (χ3v) is 3.30. The van der Waals surface area contributed by atoms with Gasteiger partial charge in [-0.25, -0.2) is 13.9 Å². The summed E-state index contributed by atoms with van der Waals surface area (Å²) in [5.74, 6) is 0.342. The average Bonchev–Trinajstić information content (AvgIpc) is 2.93. The van der Waals surface area contributed by atoms with Gasteiger partial charge < -0.3 is 19.9 Å². The lowest BCUT2D eigenvalue weighted by Gasteiger charge is -2.11. The second-order valence-corrected chi connectivity index (χ2v) is 4.67. The zero-order valence-corrected chi connectivity index (χ0v) is 10.5. The fraction of sp³-hybridized carbons (Fsp3) is 0.545. The molecule has 0 aromatic carbocycles. The van der Waals surface area contributed by atoms with E-state index in [1.807, 2.05) is 0 Å². The summed E-state index contributed by atoms with van der Waals surface area (Å²) in [4.78, 5) is 18.1. The smallest absolute Gasteiger partial charge is 0.294 e. The minimum absolute atomic E-state index is 0.0170. The third-order valence-electron chi connectivity index (χ3n) is 3.30. The summed E-state index contributed by atoms with van der Waals surface area (Å²) >= 11 is 0. The van der Waals surface area contributed by atoms with Crippen LogP contribution in [0.5, 0.6) is 0 Å². The van der Waals surface area contributed by atoms with Crippen LogP contribution in [0.1, 0.15) is 17.6 Å². The SMILES string of the molecule is Cc1nn2c([C@@H]3O[C@H](CO)[C@@H](O)[C@H]3F)cnc2c(=O)[nH]1. The van der Waals surface area contributed by atoms with Gasteiger partial charge in [-0.3, -0.25) is 4.79 Å². The van der Waals surface area contributed by atoms with Crippen molar-refractivity contribution >= 4 is 5.65 Å². The van der Waals surface area contributed by atoms with E-state index in [-0.39, 0.29) is 11.3 Å². The largest absolute Gasteiger partial charge is 0.394 e. The van der Waals surface area contributed by atoms with E-state index in [0.717, 1.165) is 0 Å². The van der Waals surface area contributed by atoms with Gasteiger partial charge in [-0.15, -0.1) is 0 Å². The van der Waals surface area contributed by atoms with Gasteiger partial charge in [-0.1, -0.05) is 0 Å². The summed E-state index contributed by atoms with van der Waals surface area (Å²) in [5, 5.41) is 22.7. The number of rotatable bonds is 2. The zero-order valence-electron chi connectivity index (χ0n) is 10.5. The molecular formula is C11H13FN4O4. The fourth-order valence-corrected chi connectivity index (χ4v) is 2.32. The quantitative estimate of drug-likeness (QED) is 0.642. The molecule has 9 heteroatoms. The molecule has 1 aliphatic heterocycles. The van der Waals surface area contributed by atoms with Gasteiger partial charge in [0.1, 0.15) is 24.1 Å². The normalized spacial score (nSPS) is 30.2. The molecule has 1 saturated heterocycles. The van der Waals surface area contributed by atoms with Crippen LogP contribution in [0.3, 0.4) is 0 Å². The van der Waals surface area contributed by atoms with Crippen LogP contribution < -0.4 is 5.56 Å². The van der Waals surface area contributed by atoms with E-state index >= 15 is 0 Å². The van der Waals surface area contributed by atoms with Gasteiger partial charge in [0.2, 0.25) is 5.65 Å². The number of alkyl halides is 1. The van der Waals surface area contributed by atoms with E-state index in [0.29, 0.717) is 5.82 Å². The molecule has 0 aliphatic carbocycles. The highest BCUT2D eigenvalue weighted by molar-refractivity contribution is 5.36. The Balaban J connectivity index is 2.09. The number of hydrogen-bond acceptors (Lipinski definition) is 6. The van der Waals surface area contributed by atoms with Crippen LogP contribution in [-0.2, 0) is 4.74 Å². The molecule has 0 bridgehead atoms. The van der Waals surface area contributed by atoms with Gasteiger partial charge in [-0.2, -0.15) is 5.10 Å². The Kier molecular flexibility index (Phi) is 3.04. The number of fused-ring (bicyclic) bond motifs is 1. The number of nitrogens with zero attached hydrogens (tertiary/aromatic N) is 3. The van der Waals surface area contributed by atoms with Crippen LogP contribution in [0.25, 0.3) is 5.65 Å². The van der Waals surface area contributed by atoms with Crippen molar-refractivity contribution in [2.75, 3.05) is 6.61 Å². The number of halogens is 1. The lowest BCUT2D eigenvalue weighted by molar-refractivity contribution is -0.0241. The van der Waals surface area contributed by atoms with Crippen molar-refractivity contribution in [1.82, 2.24) is 19.6 Å². The van der Waals surface area contributed by atoms with Crippen LogP contribution in [0.4, 0.5) is 4.39 Å². The molecular weight excluding hydrogens is 271 g/mol. The standard InChI is InChI=1S/C11H13FN4O4/c1-4-14-11(19)10-13-2-5(16(10)15-4)9-7(12)8(18)6(3-17)20-9/h2,6-9,17-18H,3H2,1H3,(H,14,15,19)/t6-,7-,8-,9+/m1/s1. The molecule has 8 nitrogen and oxygen atoms in total. The third kappa shape index (κ3) is 1.82. The Morgan fingerprint density at radius 2 is 2.35 bits per heavy atom. The Labute approximate surface area is 111 Å². The first-order valence-electron chi connectivity index (χ1n) is 6.06. The molecule has 2 aromatic rings. The minimum atomic E-state index is -1.73. The van der Waals surface area contributed by atoms with Gasteiger partial charge in [0.25, 0.3) is 5.56 Å². The van der Waals surface area contributed by atoms with Crippen molar-refractivity contribution in [2.24, 2.45) is 0 Å². The number of aryl methyl sites for hydroxylation is 1. The van der Waals surface area contributed by atoms with Crippen molar-refractivity contribution in [3.05, 3.63) is 28.1 Å². The van der Waals surface area contributed by atoms with Crippen molar-refractivity contribution in [1.29, 1.82) is 0 Å². The highest BCUT2D eigenvalue weighted by atomic mass is 19.1. The van der Waals surface area contributed by atoms with E-state index in [4.69, 9.17) is 9.84 Å². The number of aromatic amines is 1. The molecule has 1 fully saturated rings. The van der Waals surface area contributed by atoms with E-state index in [2.05, 4.69) is 15.1 Å². The van der Waals surface area contributed by atoms with Gasteiger partial charge in [-0.05, 0) is 6.92 Å². The van der Waals surface area contributed by atoms with Crippen LogP contribution in [-0.4, -0.2) is 54.8 Å².